The minimum Gasteiger partial charge on any atom is -0.320 e. The van der Waals surface area contributed by atoms with Crippen LogP contribution in [0.5, 0.6) is 0 Å². The third-order valence-corrected chi connectivity index (χ3v) is 4.92. The second-order valence-corrected chi connectivity index (χ2v) is 7.36. The highest BCUT2D eigenvalue weighted by atomic mass is 19.4. The van der Waals surface area contributed by atoms with Crippen molar-refractivity contribution < 1.29 is 31.1 Å². The summed E-state index contributed by atoms with van der Waals surface area (Å²) in [6.45, 7) is 0.273. The zero-order chi connectivity index (χ0) is 24.1. The third-order valence-electron chi connectivity index (χ3n) is 4.92. The first-order valence-corrected chi connectivity index (χ1v) is 9.95. The molecule has 0 radical (unpaired) electrons. The first-order valence-electron chi connectivity index (χ1n) is 9.95. The molecule has 0 aliphatic rings. The Morgan fingerprint density at radius 1 is 0.697 bits per heavy atom. The number of hydrogen-bond donors (Lipinski definition) is 1. The van der Waals surface area contributed by atoms with Gasteiger partial charge in [0, 0.05) is 18.8 Å². The summed E-state index contributed by atoms with van der Waals surface area (Å²) in [5.74, 6) is 0. The van der Waals surface area contributed by atoms with Crippen molar-refractivity contribution >= 4 is 11.7 Å². The van der Waals surface area contributed by atoms with Gasteiger partial charge in [-0.3, -0.25) is 0 Å². The van der Waals surface area contributed by atoms with Gasteiger partial charge in [-0.15, -0.1) is 0 Å². The Kier molecular flexibility index (Phi) is 7.30. The molecule has 0 aliphatic carbocycles. The van der Waals surface area contributed by atoms with Crippen LogP contribution in [-0.2, 0) is 25.3 Å². The topological polar surface area (TPSA) is 32.3 Å². The zero-order valence-corrected chi connectivity index (χ0v) is 17.3. The van der Waals surface area contributed by atoms with Crippen molar-refractivity contribution in [1.29, 1.82) is 0 Å². The second kappa shape index (κ2) is 9.97. The van der Waals surface area contributed by atoms with E-state index in [9.17, 15) is 31.1 Å². The lowest BCUT2D eigenvalue weighted by molar-refractivity contribution is -0.138. The Bertz CT molecular complexity index is 1050. The van der Waals surface area contributed by atoms with Crippen molar-refractivity contribution in [2.75, 3.05) is 11.9 Å². The lowest BCUT2D eigenvalue weighted by Crippen LogP contribution is -2.36. The van der Waals surface area contributed by atoms with Gasteiger partial charge in [-0.05, 0) is 53.9 Å². The van der Waals surface area contributed by atoms with Crippen LogP contribution < -0.4 is 5.32 Å². The maximum atomic E-state index is 12.9. The average Bonchev–Trinajstić information content (AvgIpc) is 2.76. The quantitative estimate of drug-likeness (QED) is 0.390. The van der Waals surface area contributed by atoms with Crippen LogP contribution >= 0.6 is 0 Å². The highest BCUT2D eigenvalue weighted by molar-refractivity contribution is 5.89. The van der Waals surface area contributed by atoms with Crippen molar-refractivity contribution in [3.05, 3.63) is 101 Å². The van der Waals surface area contributed by atoms with Crippen molar-refractivity contribution in [3.8, 4) is 0 Å². The largest absolute Gasteiger partial charge is 0.416 e. The number of rotatable bonds is 6. The second-order valence-electron chi connectivity index (χ2n) is 7.36. The number of hydrogen-bond acceptors (Lipinski definition) is 1. The number of urea groups is 1. The molecule has 2 amide bonds. The van der Waals surface area contributed by atoms with E-state index in [-0.39, 0.29) is 18.8 Å². The molecular weight excluding hydrogens is 446 g/mol. The molecule has 0 heterocycles. The summed E-state index contributed by atoms with van der Waals surface area (Å²) in [4.78, 5) is 14.3. The normalized spacial score (nSPS) is 11.8. The van der Waals surface area contributed by atoms with Gasteiger partial charge >= 0.3 is 18.4 Å². The van der Waals surface area contributed by atoms with E-state index in [1.807, 2.05) is 30.3 Å². The molecule has 0 aliphatic heterocycles. The molecule has 3 rings (SSSR count). The summed E-state index contributed by atoms with van der Waals surface area (Å²) < 4.78 is 76.7. The predicted octanol–water partition coefficient (Wildman–Crippen LogP) is 7.00. The van der Waals surface area contributed by atoms with Crippen LogP contribution in [0, 0.1) is 0 Å². The van der Waals surface area contributed by atoms with Gasteiger partial charge in [-0.1, -0.05) is 42.5 Å². The van der Waals surface area contributed by atoms with Crippen LogP contribution in [0.2, 0.25) is 0 Å². The number of benzene rings is 3. The van der Waals surface area contributed by atoms with E-state index in [1.54, 1.807) is 0 Å². The maximum absolute atomic E-state index is 12.9. The van der Waals surface area contributed by atoms with Gasteiger partial charge in [-0.25, -0.2) is 4.79 Å². The van der Waals surface area contributed by atoms with Crippen LogP contribution in [0.4, 0.5) is 36.8 Å². The van der Waals surface area contributed by atoms with Crippen LogP contribution in [0.15, 0.2) is 78.9 Å². The molecule has 0 spiro atoms. The molecule has 0 saturated heterocycles. The average molecular weight is 466 g/mol. The number of amides is 2. The molecule has 0 saturated carbocycles. The standard InChI is InChI=1S/C24H20F6N2O/c25-23(26,27)19-8-6-18(7-9-19)16-32(15-14-17-4-2-1-3-5-17)22(33)31-21-12-10-20(11-13-21)24(28,29)30/h1-13H,14-16H2,(H,31,33). The number of nitrogens with zero attached hydrogens (tertiary/aromatic N) is 1. The molecule has 3 aromatic rings. The number of halogens is 6. The Hall–Kier alpha value is -3.49. The molecule has 3 aromatic carbocycles. The van der Waals surface area contributed by atoms with Gasteiger partial charge < -0.3 is 10.2 Å². The van der Waals surface area contributed by atoms with E-state index >= 15 is 0 Å². The van der Waals surface area contributed by atoms with Gasteiger partial charge in [0.25, 0.3) is 0 Å². The molecule has 0 bridgehead atoms. The minimum atomic E-state index is -4.49. The molecule has 1 N–H and O–H groups in total. The van der Waals surface area contributed by atoms with Crippen LogP contribution in [0.1, 0.15) is 22.3 Å². The smallest absolute Gasteiger partial charge is 0.320 e. The van der Waals surface area contributed by atoms with E-state index in [0.717, 1.165) is 42.0 Å². The number of carbonyl (C=O) groups is 1. The maximum Gasteiger partial charge on any atom is 0.416 e. The van der Waals surface area contributed by atoms with Gasteiger partial charge in [0.05, 0.1) is 11.1 Å². The molecule has 0 unspecified atom stereocenters. The van der Waals surface area contributed by atoms with Crippen molar-refractivity contribution in [2.24, 2.45) is 0 Å². The highest BCUT2D eigenvalue weighted by Crippen LogP contribution is 2.30. The monoisotopic (exact) mass is 466 g/mol. The molecule has 0 aromatic heterocycles. The fourth-order valence-corrected chi connectivity index (χ4v) is 3.13. The van der Waals surface area contributed by atoms with E-state index in [1.165, 1.54) is 17.0 Å². The molecule has 0 fully saturated rings. The summed E-state index contributed by atoms with van der Waals surface area (Å²) >= 11 is 0. The SMILES string of the molecule is O=C(Nc1ccc(C(F)(F)F)cc1)N(CCc1ccccc1)Cc1ccc(C(F)(F)F)cc1. The number of carbonyl (C=O) groups excluding carboxylic acids is 1. The number of alkyl halides is 6. The summed E-state index contributed by atoms with van der Waals surface area (Å²) in [5, 5.41) is 2.55. The van der Waals surface area contributed by atoms with Gasteiger partial charge in [0.15, 0.2) is 0 Å². The predicted molar refractivity (Wildman–Crippen MR) is 112 cm³/mol. The molecule has 3 nitrogen and oxygen atoms in total. The van der Waals surface area contributed by atoms with Gasteiger partial charge in [0.1, 0.15) is 0 Å². The van der Waals surface area contributed by atoms with Crippen molar-refractivity contribution in [3.63, 3.8) is 0 Å². The van der Waals surface area contributed by atoms with Gasteiger partial charge in [-0.2, -0.15) is 26.3 Å². The Morgan fingerprint density at radius 2 is 1.21 bits per heavy atom. The number of anilines is 1. The zero-order valence-electron chi connectivity index (χ0n) is 17.3. The van der Waals surface area contributed by atoms with E-state index in [4.69, 9.17) is 0 Å². The van der Waals surface area contributed by atoms with Crippen molar-refractivity contribution in [2.45, 2.75) is 25.3 Å². The Morgan fingerprint density at radius 3 is 1.73 bits per heavy atom. The third kappa shape index (κ3) is 7.00. The Balaban J connectivity index is 1.74. The first kappa shape index (κ1) is 24.2. The van der Waals surface area contributed by atoms with Crippen LogP contribution in [0.25, 0.3) is 0 Å². The van der Waals surface area contributed by atoms with Crippen molar-refractivity contribution in [1.82, 2.24) is 4.90 Å². The number of nitrogens with one attached hydrogen (secondary N) is 1. The fraction of sp³-hybridized carbons (Fsp3) is 0.208. The molecule has 33 heavy (non-hydrogen) atoms. The lowest BCUT2D eigenvalue weighted by Gasteiger charge is -2.24. The summed E-state index contributed by atoms with van der Waals surface area (Å²) in [6.07, 6.45) is -8.47. The van der Waals surface area contributed by atoms with E-state index in [0.29, 0.717) is 12.0 Å². The first-order chi connectivity index (χ1) is 15.5. The molecular formula is C24H20F6N2O. The van der Waals surface area contributed by atoms with Crippen LogP contribution in [0.3, 0.4) is 0 Å². The molecule has 174 valence electrons. The summed E-state index contributed by atoms with van der Waals surface area (Å²) in [7, 11) is 0. The minimum absolute atomic E-state index is 0.0252. The fourth-order valence-electron chi connectivity index (χ4n) is 3.13. The highest BCUT2D eigenvalue weighted by Gasteiger charge is 2.31. The van der Waals surface area contributed by atoms with E-state index < -0.39 is 29.5 Å². The van der Waals surface area contributed by atoms with E-state index in [2.05, 4.69) is 5.32 Å². The lowest BCUT2D eigenvalue weighted by atomic mass is 10.1. The summed E-state index contributed by atoms with van der Waals surface area (Å²) in [6, 6.07) is 17.2. The Labute approximate surface area is 186 Å². The summed E-state index contributed by atoms with van der Waals surface area (Å²) in [5.41, 5.74) is -0.0245. The molecule has 9 heteroatoms. The molecule has 0 atom stereocenters. The van der Waals surface area contributed by atoms with Gasteiger partial charge in [0.2, 0.25) is 0 Å². The van der Waals surface area contributed by atoms with Crippen LogP contribution in [-0.4, -0.2) is 17.5 Å².